The predicted octanol–water partition coefficient (Wildman–Crippen LogP) is 6.98. The third kappa shape index (κ3) is 3.19. The average molecular weight is 432 g/mol. The van der Waals surface area contributed by atoms with Crippen molar-refractivity contribution in [1.29, 1.82) is 0 Å². The van der Waals surface area contributed by atoms with Gasteiger partial charge >= 0.3 is 0 Å². The highest BCUT2D eigenvalue weighted by atomic mass is 16.5. The first-order valence-corrected chi connectivity index (χ1v) is 12.8. The molecule has 2 atom stereocenters. The average Bonchev–Trinajstić information content (AvgIpc) is 3.40. The van der Waals surface area contributed by atoms with Crippen LogP contribution in [0.3, 0.4) is 0 Å². The van der Waals surface area contributed by atoms with E-state index < -0.39 is 6.10 Å². The van der Waals surface area contributed by atoms with E-state index in [-0.39, 0.29) is 17.1 Å². The summed E-state index contributed by atoms with van der Waals surface area (Å²) in [5.74, 6) is 1.09. The van der Waals surface area contributed by atoms with Crippen molar-refractivity contribution < 1.29 is 9.84 Å². The van der Waals surface area contributed by atoms with Crippen LogP contribution in [-0.2, 0) is 16.8 Å². The van der Waals surface area contributed by atoms with Gasteiger partial charge in [0.2, 0.25) is 0 Å². The van der Waals surface area contributed by atoms with Crippen LogP contribution in [0.25, 0.3) is 0 Å². The van der Waals surface area contributed by atoms with E-state index in [1.807, 2.05) is 0 Å². The summed E-state index contributed by atoms with van der Waals surface area (Å²) < 4.78 is 7.09. The summed E-state index contributed by atoms with van der Waals surface area (Å²) in [4.78, 5) is 5.28. The summed E-state index contributed by atoms with van der Waals surface area (Å²) in [6, 6.07) is 9.21. The molecule has 0 saturated heterocycles. The molecule has 170 valence electrons. The lowest BCUT2D eigenvalue weighted by molar-refractivity contribution is -0.0580. The fourth-order valence-corrected chi connectivity index (χ4v) is 6.78. The second kappa shape index (κ2) is 7.14. The molecule has 0 radical (unpaired) electrons. The molecule has 2 aromatic rings. The van der Waals surface area contributed by atoms with Crippen LogP contribution in [-0.4, -0.2) is 10.1 Å². The highest BCUT2D eigenvalue weighted by Crippen LogP contribution is 2.59. The minimum absolute atomic E-state index is 0.0717. The van der Waals surface area contributed by atoms with Crippen LogP contribution in [0.15, 0.2) is 24.3 Å². The molecular weight excluding hydrogens is 394 g/mol. The van der Waals surface area contributed by atoms with Crippen molar-refractivity contribution in [1.82, 2.24) is 4.98 Å². The molecule has 2 heterocycles. The van der Waals surface area contributed by atoms with Crippen molar-refractivity contribution in [2.24, 2.45) is 5.41 Å². The van der Waals surface area contributed by atoms with Crippen LogP contribution >= 0.6 is 0 Å². The Hall–Kier alpha value is -1.71. The molecule has 0 amide bonds. The molecule has 3 nitrogen and oxygen atoms in total. The first-order chi connectivity index (χ1) is 15.3. The van der Waals surface area contributed by atoms with Crippen molar-refractivity contribution in [3.63, 3.8) is 0 Å². The molecular formula is C29H37NO2. The van der Waals surface area contributed by atoms with Gasteiger partial charge in [0.25, 0.3) is 0 Å². The summed E-state index contributed by atoms with van der Waals surface area (Å²) in [7, 11) is 0. The normalized spacial score (nSPS) is 27.7. The summed E-state index contributed by atoms with van der Waals surface area (Å²) in [6.45, 7) is 9.03. The maximum absolute atomic E-state index is 11.4. The van der Waals surface area contributed by atoms with Gasteiger partial charge in [0.05, 0.1) is 11.7 Å². The Kier molecular flexibility index (Phi) is 4.66. The first kappa shape index (κ1) is 20.9. The van der Waals surface area contributed by atoms with Crippen LogP contribution < -0.4 is 0 Å². The van der Waals surface area contributed by atoms with Gasteiger partial charge in [-0.05, 0) is 72.5 Å². The second-order valence-electron chi connectivity index (χ2n) is 12.0. The standard InChI is InChI=1S/C29H37NO2/c1-17(2)26-24-25(23-21(30-26)15-28(3,4)16-22(23)31)29(13-5-6-14-29)32-27(24)20-11-9-19(10-12-20)18-7-8-18/h9-12,17-18,22,27,31H,5-8,13-16H2,1-4H3/t22-,27+/m0/s1. The number of ether oxygens (including phenoxy) is 1. The Labute approximate surface area is 192 Å². The number of rotatable bonds is 3. The monoisotopic (exact) mass is 431 g/mol. The molecule has 0 unspecified atom stereocenters. The third-order valence-corrected chi connectivity index (χ3v) is 8.41. The zero-order valence-electron chi connectivity index (χ0n) is 20.1. The Balaban J connectivity index is 1.56. The van der Waals surface area contributed by atoms with E-state index in [1.165, 1.54) is 53.6 Å². The molecule has 1 spiro atoms. The Bertz CT molecular complexity index is 1040. The van der Waals surface area contributed by atoms with E-state index in [1.54, 1.807) is 0 Å². The van der Waals surface area contributed by atoms with Crippen molar-refractivity contribution in [2.45, 2.75) is 109 Å². The van der Waals surface area contributed by atoms with Crippen LogP contribution in [0.1, 0.15) is 136 Å². The number of nitrogens with zero attached hydrogens (tertiary/aromatic N) is 1. The Morgan fingerprint density at radius 3 is 2.28 bits per heavy atom. The third-order valence-electron chi connectivity index (χ3n) is 8.41. The largest absolute Gasteiger partial charge is 0.388 e. The van der Waals surface area contributed by atoms with E-state index in [0.717, 1.165) is 42.9 Å². The van der Waals surface area contributed by atoms with Gasteiger partial charge in [0.15, 0.2) is 0 Å². The summed E-state index contributed by atoms with van der Waals surface area (Å²) in [5.41, 5.74) is 8.54. The number of benzene rings is 1. The second-order valence-corrected chi connectivity index (χ2v) is 12.0. The SMILES string of the molecule is CC(C)c1nc2c(c3c1[C@@H](c1ccc(C4CC4)cc1)OC31CCCC1)[C@@H](O)CC(C)(C)C2. The molecule has 32 heavy (non-hydrogen) atoms. The molecule has 2 saturated carbocycles. The minimum Gasteiger partial charge on any atom is -0.388 e. The molecule has 1 N–H and O–H groups in total. The lowest BCUT2D eigenvalue weighted by Gasteiger charge is -2.38. The van der Waals surface area contributed by atoms with Gasteiger partial charge in [0, 0.05) is 22.5 Å². The fourth-order valence-electron chi connectivity index (χ4n) is 6.78. The summed E-state index contributed by atoms with van der Waals surface area (Å²) in [5, 5.41) is 11.4. The van der Waals surface area contributed by atoms with Crippen molar-refractivity contribution in [3.05, 3.63) is 63.5 Å². The van der Waals surface area contributed by atoms with E-state index in [2.05, 4.69) is 52.0 Å². The number of hydrogen-bond acceptors (Lipinski definition) is 3. The number of hydrogen-bond donors (Lipinski definition) is 1. The fraction of sp³-hybridized carbons (Fsp3) is 0.621. The van der Waals surface area contributed by atoms with Crippen molar-refractivity contribution >= 4 is 0 Å². The minimum atomic E-state index is -0.451. The van der Waals surface area contributed by atoms with Gasteiger partial charge in [0.1, 0.15) is 6.10 Å². The smallest absolute Gasteiger partial charge is 0.111 e. The first-order valence-electron chi connectivity index (χ1n) is 12.8. The van der Waals surface area contributed by atoms with Gasteiger partial charge in [-0.1, -0.05) is 64.8 Å². The van der Waals surface area contributed by atoms with Crippen molar-refractivity contribution in [3.8, 4) is 0 Å². The highest BCUT2D eigenvalue weighted by molar-refractivity contribution is 5.54. The van der Waals surface area contributed by atoms with Gasteiger partial charge < -0.3 is 9.84 Å². The zero-order chi connectivity index (χ0) is 22.3. The quantitative estimate of drug-likeness (QED) is 0.570. The van der Waals surface area contributed by atoms with Crippen LogP contribution in [0.5, 0.6) is 0 Å². The lowest BCUT2D eigenvalue weighted by atomic mass is 9.70. The molecule has 1 aromatic carbocycles. The van der Waals surface area contributed by atoms with Crippen LogP contribution in [0.2, 0.25) is 0 Å². The molecule has 1 aliphatic heterocycles. The maximum atomic E-state index is 11.4. The van der Waals surface area contributed by atoms with Gasteiger partial charge in [-0.25, -0.2) is 0 Å². The number of fused-ring (bicyclic) bond motifs is 4. The van der Waals surface area contributed by atoms with Crippen LogP contribution in [0.4, 0.5) is 0 Å². The molecule has 3 aliphatic carbocycles. The van der Waals surface area contributed by atoms with Gasteiger partial charge in [-0.3, -0.25) is 4.98 Å². The van der Waals surface area contributed by atoms with E-state index in [4.69, 9.17) is 9.72 Å². The Morgan fingerprint density at radius 1 is 1.00 bits per heavy atom. The maximum Gasteiger partial charge on any atom is 0.111 e. The van der Waals surface area contributed by atoms with Gasteiger partial charge in [-0.2, -0.15) is 0 Å². The number of aliphatic hydroxyl groups is 1. The molecule has 6 rings (SSSR count). The molecule has 2 fully saturated rings. The number of aliphatic hydroxyl groups excluding tert-OH is 1. The molecule has 4 aliphatic rings. The predicted molar refractivity (Wildman–Crippen MR) is 127 cm³/mol. The van der Waals surface area contributed by atoms with Gasteiger partial charge in [-0.15, -0.1) is 0 Å². The summed E-state index contributed by atoms with van der Waals surface area (Å²) >= 11 is 0. The zero-order valence-corrected chi connectivity index (χ0v) is 20.1. The Morgan fingerprint density at radius 2 is 1.66 bits per heavy atom. The molecule has 0 bridgehead atoms. The summed E-state index contributed by atoms with van der Waals surface area (Å²) in [6.07, 6.45) is 8.36. The van der Waals surface area contributed by atoms with Crippen LogP contribution in [0, 0.1) is 5.41 Å². The topological polar surface area (TPSA) is 42.4 Å². The number of aromatic nitrogens is 1. The lowest BCUT2D eigenvalue weighted by Crippen LogP contribution is -2.32. The number of pyridine rings is 1. The van der Waals surface area contributed by atoms with E-state index >= 15 is 0 Å². The molecule has 3 heteroatoms. The van der Waals surface area contributed by atoms with Crippen molar-refractivity contribution in [2.75, 3.05) is 0 Å². The van der Waals surface area contributed by atoms with E-state index in [0.29, 0.717) is 5.92 Å². The highest BCUT2D eigenvalue weighted by Gasteiger charge is 2.52. The van der Waals surface area contributed by atoms with E-state index in [9.17, 15) is 5.11 Å². The molecule has 1 aromatic heterocycles.